The molecule has 0 bridgehead atoms. The van der Waals surface area contributed by atoms with Crippen LogP contribution in [0.4, 0.5) is 0 Å². The Hall–Kier alpha value is -0.480. The fourth-order valence-electron chi connectivity index (χ4n) is 4.40. The van der Waals surface area contributed by atoms with Crippen LogP contribution in [0.15, 0.2) is 0 Å². The van der Waals surface area contributed by atoms with E-state index in [1.54, 1.807) is 7.05 Å². The second-order valence-corrected chi connectivity index (χ2v) is 8.43. The van der Waals surface area contributed by atoms with E-state index in [-0.39, 0.29) is 18.8 Å². The number of likely N-dealkylation sites (N-methyl/N-ethyl adjacent to an activating group) is 1. The third-order valence-corrected chi connectivity index (χ3v) is 6.23. The van der Waals surface area contributed by atoms with Crippen molar-refractivity contribution in [1.29, 1.82) is 0 Å². The van der Waals surface area contributed by atoms with Gasteiger partial charge in [0.05, 0.1) is 30.9 Å². The lowest BCUT2D eigenvalue weighted by molar-refractivity contribution is -0.296. The number of nitrogens with one attached hydrogen (secondary N) is 1. The molecule has 12 heteroatoms. The van der Waals surface area contributed by atoms with E-state index in [9.17, 15) is 15.3 Å². The lowest BCUT2D eigenvalue weighted by Gasteiger charge is -2.47. The maximum absolute atomic E-state index is 11.0. The zero-order chi connectivity index (χ0) is 22.0. The van der Waals surface area contributed by atoms with Gasteiger partial charge in [-0.05, 0) is 26.3 Å². The highest BCUT2D eigenvalue weighted by Gasteiger charge is 2.48. The average molecular weight is 436 g/mol. The molecule has 0 radical (unpaired) electrons. The molecule has 0 spiro atoms. The van der Waals surface area contributed by atoms with Crippen molar-refractivity contribution in [3.05, 3.63) is 0 Å². The highest BCUT2D eigenvalue weighted by atomic mass is 16.7. The van der Waals surface area contributed by atoms with Crippen LogP contribution in [0.25, 0.3) is 0 Å². The molecule has 30 heavy (non-hydrogen) atoms. The Bertz CT molecular complexity index is 549. The summed E-state index contributed by atoms with van der Waals surface area (Å²) in [5, 5.41) is 34.2. The summed E-state index contributed by atoms with van der Waals surface area (Å²) < 4.78 is 23.1. The van der Waals surface area contributed by atoms with Gasteiger partial charge in [0.25, 0.3) is 0 Å². The molecule has 12 unspecified atom stereocenters. The minimum atomic E-state index is -1.20. The van der Waals surface area contributed by atoms with Gasteiger partial charge in [0.2, 0.25) is 0 Å². The molecule has 0 aromatic rings. The van der Waals surface area contributed by atoms with E-state index in [0.717, 1.165) is 6.42 Å². The normalized spacial score (nSPS) is 50.4. The van der Waals surface area contributed by atoms with Gasteiger partial charge in [0, 0.05) is 18.6 Å². The van der Waals surface area contributed by atoms with Crippen molar-refractivity contribution >= 4 is 0 Å². The van der Waals surface area contributed by atoms with Crippen molar-refractivity contribution in [1.82, 2.24) is 5.32 Å². The van der Waals surface area contributed by atoms with Gasteiger partial charge in [-0.1, -0.05) is 0 Å². The molecule has 3 fully saturated rings. The van der Waals surface area contributed by atoms with Crippen molar-refractivity contribution < 1.29 is 34.3 Å². The third kappa shape index (κ3) is 5.11. The number of hydrogen-bond donors (Lipinski definition) is 8. The largest absolute Gasteiger partial charge is 0.389 e. The smallest absolute Gasteiger partial charge is 0.185 e. The first-order valence-corrected chi connectivity index (χ1v) is 10.5. The zero-order valence-electron chi connectivity index (χ0n) is 17.2. The summed E-state index contributed by atoms with van der Waals surface area (Å²) in [7, 11) is 1.62. The summed E-state index contributed by atoms with van der Waals surface area (Å²) >= 11 is 0. The molecular formula is C18H37N5O7. The highest BCUT2D eigenvalue weighted by molar-refractivity contribution is 5.00. The summed E-state index contributed by atoms with van der Waals surface area (Å²) in [5.74, 6) is 0. The van der Waals surface area contributed by atoms with Crippen LogP contribution in [0, 0.1) is 0 Å². The maximum Gasteiger partial charge on any atom is 0.185 e. The molecule has 12 N–H and O–H groups in total. The van der Waals surface area contributed by atoms with Gasteiger partial charge in [-0.15, -0.1) is 0 Å². The Morgan fingerprint density at radius 2 is 1.57 bits per heavy atom. The lowest BCUT2D eigenvalue weighted by atomic mass is 9.84. The average Bonchev–Trinajstić information content (AvgIpc) is 2.71. The summed E-state index contributed by atoms with van der Waals surface area (Å²) in [6.45, 7) is 0.313. The first-order valence-electron chi connectivity index (χ1n) is 10.5. The molecule has 0 amide bonds. The van der Waals surface area contributed by atoms with E-state index >= 15 is 0 Å². The summed E-state index contributed by atoms with van der Waals surface area (Å²) in [4.78, 5) is 0. The van der Waals surface area contributed by atoms with Gasteiger partial charge in [-0.2, -0.15) is 0 Å². The fraction of sp³-hybridized carbons (Fsp3) is 1.00. The number of hydrogen-bond acceptors (Lipinski definition) is 12. The number of rotatable bonds is 6. The number of ether oxygens (including phenoxy) is 4. The molecule has 2 aliphatic heterocycles. The van der Waals surface area contributed by atoms with Gasteiger partial charge in [-0.3, -0.25) is 0 Å². The Morgan fingerprint density at radius 3 is 2.17 bits per heavy atom. The first kappa shape index (κ1) is 24.2. The number of aliphatic hydroxyl groups excluding tert-OH is 3. The molecule has 0 aromatic carbocycles. The van der Waals surface area contributed by atoms with Crippen molar-refractivity contribution in [3.8, 4) is 0 Å². The van der Waals surface area contributed by atoms with Crippen molar-refractivity contribution in [2.45, 2.75) is 92.6 Å². The van der Waals surface area contributed by atoms with Crippen LogP contribution in [0.3, 0.4) is 0 Å². The predicted octanol–water partition coefficient (Wildman–Crippen LogP) is -4.37. The van der Waals surface area contributed by atoms with Crippen molar-refractivity contribution in [3.63, 3.8) is 0 Å². The van der Waals surface area contributed by atoms with Crippen LogP contribution in [0.5, 0.6) is 0 Å². The highest BCUT2D eigenvalue weighted by Crippen LogP contribution is 2.29. The van der Waals surface area contributed by atoms with Crippen LogP contribution in [-0.4, -0.2) is 109 Å². The first-order chi connectivity index (χ1) is 14.3. The molecule has 12 atom stereocenters. The van der Waals surface area contributed by atoms with Crippen LogP contribution in [0.2, 0.25) is 0 Å². The van der Waals surface area contributed by atoms with E-state index < -0.39 is 61.2 Å². The standard InChI is InChI=1S/C18H37N5O7/c1-23-12-11(24)6-27-18(13(12)25)30-16-10(22)4-9(21)15(14(16)26)29-17-8(20)3-2-7(5-19)28-17/h7-18,23-26H,2-6,19-22H2,1H3. The topological polar surface area (TPSA) is 214 Å². The minimum absolute atomic E-state index is 0.0318. The Labute approximate surface area is 176 Å². The second kappa shape index (κ2) is 10.4. The minimum Gasteiger partial charge on any atom is -0.389 e. The molecule has 1 aliphatic carbocycles. The summed E-state index contributed by atoms with van der Waals surface area (Å²) in [6, 6.07) is -2.18. The third-order valence-electron chi connectivity index (χ3n) is 6.23. The zero-order valence-corrected chi connectivity index (χ0v) is 17.2. The quantitative estimate of drug-likeness (QED) is 0.199. The van der Waals surface area contributed by atoms with Gasteiger partial charge in [0.15, 0.2) is 12.6 Å². The van der Waals surface area contributed by atoms with Gasteiger partial charge in [-0.25, -0.2) is 0 Å². The molecule has 176 valence electrons. The Kier molecular flexibility index (Phi) is 8.40. The lowest BCUT2D eigenvalue weighted by Crippen LogP contribution is -2.67. The molecule has 12 nitrogen and oxygen atoms in total. The van der Waals surface area contributed by atoms with Gasteiger partial charge >= 0.3 is 0 Å². The molecule has 2 heterocycles. The van der Waals surface area contributed by atoms with E-state index in [1.165, 1.54) is 0 Å². The molecule has 2 saturated heterocycles. The monoisotopic (exact) mass is 435 g/mol. The molecule has 0 aromatic heterocycles. The van der Waals surface area contributed by atoms with Crippen LogP contribution in [-0.2, 0) is 18.9 Å². The Morgan fingerprint density at radius 1 is 0.933 bits per heavy atom. The summed E-state index contributed by atoms with van der Waals surface area (Å²) in [5.41, 5.74) is 24.2. The predicted molar refractivity (Wildman–Crippen MR) is 106 cm³/mol. The van der Waals surface area contributed by atoms with Crippen molar-refractivity contribution in [2.75, 3.05) is 20.2 Å². The summed E-state index contributed by atoms with van der Waals surface area (Å²) in [6.07, 6.45) is -5.27. The van der Waals surface area contributed by atoms with E-state index in [1.807, 2.05) is 0 Å². The van der Waals surface area contributed by atoms with Gasteiger partial charge in [0.1, 0.15) is 24.4 Å². The van der Waals surface area contributed by atoms with Gasteiger partial charge < -0.3 is 62.5 Å². The van der Waals surface area contributed by atoms with E-state index in [2.05, 4.69) is 5.32 Å². The molecular weight excluding hydrogens is 398 g/mol. The number of nitrogens with two attached hydrogens (primary N) is 4. The fourth-order valence-corrected chi connectivity index (χ4v) is 4.40. The molecule has 3 rings (SSSR count). The van der Waals surface area contributed by atoms with E-state index in [4.69, 9.17) is 41.9 Å². The molecule has 3 aliphatic rings. The SMILES string of the molecule is CNC1C(O)COC(OC2C(N)CC(N)C(OC3OC(CN)CCC3N)C2O)C1O. The van der Waals surface area contributed by atoms with E-state index in [0.29, 0.717) is 19.4 Å². The van der Waals surface area contributed by atoms with Crippen LogP contribution >= 0.6 is 0 Å². The van der Waals surface area contributed by atoms with Crippen LogP contribution < -0.4 is 28.3 Å². The second-order valence-electron chi connectivity index (χ2n) is 8.43. The van der Waals surface area contributed by atoms with Crippen molar-refractivity contribution in [2.24, 2.45) is 22.9 Å². The molecule has 1 saturated carbocycles. The Balaban J connectivity index is 1.67. The van der Waals surface area contributed by atoms with Crippen LogP contribution in [0.1, 0.15) is 19.3 Å². The number of aliphatic hydroxyl groups is 3. The maximum atomic E-state index is 11.0.